The van der Waals surface area contributed by atoms with Gasteiger partial charge in [0.05, 0.1) is 13.7 Å². The van der Waals surface area contributed by atoms with Crippen molar-refractivity contribution in [3.63, 3.8) is 0 Å². The normalized spacial score (nSPS) is 11.8. The van der Waals surface area contributed by atoms with Gasteiger partial charge < -0.3 is 13.6 Å². The molecule has 0 bridgehead atoms. The van der Waals surface area contributed by atoms with E-state index in [4.69, 9.17) is 13.6 Å². The summed E-state index contributed by atoms with van der Waals surface area (Å²) in [5.74, 6) is -0.791. The van der Waals surface area contributed by atoms with Crippen LogP contribution in [-0.2, 0) is 16.7 Å². The van der Waals surface area contributed by atoms with Crippen LogP contribution >= 0.6 is 0 Å². The molecule has 3 aromatic rings. The van der Waals surface area contributed by atoms with E-state index in [2.05, 4.69) is 5.10 Å². The molecular weight excluding hydrogens is 312 g/mol. The first kappa shape index (κ1) is 16.0. The smallest absolute Gasteiger partial charge is 0.437 e. The zero-order chi connectivity index (χ0) is 17.5. The number of para-hydroxylation sites is 1. The lowest BCUT2D eigenvalue weighted by molar-refractivity contribution is 0.0565. The fourth-order valence-corrected chi connectivity index (χ4v) is 2.37. The van der Waals surface area contributed by atoms with Crippen molar-refractivity contribution in [3.05, 3.63) is 52.0 Å². The summed E-state index contributed by atoms with van der Waals surface area (Å²) in [7, 11) is 1.28. The zero-order valence-electron chi connectivity index (χ0n) is 14.0. The van der Waals surface area contributed by atoms with E-state index in [0.29, 0.717) is 17.0 Å². The Balaban J connectivity index is 2.12. The second kappa shape index (κ2) is 5.67. The topological polar surface area (TPSA) is 87.5 Å². The van der Waals surface area contributed by atoms with Crippen LogP contribution in [0, 0.1) is 0 Å². The SMILES string of the molecule is COC(=O)c1oc2ccccc2c1Cn1nc(C(C)(C)C)oc1=O. The molecule has 0 aliphatic carbocycles. The quantitative estimate of drug-likeness (QED) is 0.686. The molecule has 126 valence electrons. The molecule has 0 N–H and O–H groups in total. The van der Waals surface area contributed by atoms with Crippen molar-refractivity contribution in [1.29, 1.82) is 0 Å². The van der Waals surface area contributed by atoms with Gasteiger partial charge in [0.15, 0.2) is 0 Å². The van der Waals surface area contributed by atoms with Crippen LogP contribution < -0.4 is 5.76 Å². The van der Waals surface area contributed by atoms with Gasteiger partial charge in [-0.15, -0.1) is 5.10 Å². The average Bonchev–Trinajstić information content (AvgIpc) is 3.08. The number of esters is 1. The molecule has 1 aromatic carbocycles. The summed E-state index contributed by atoms with van der Waals surface area (Å²) < 4.78 is 16.8. The molecular formula is C17H18N2O5. The number of rotatable bonds is 3. The molecule has 0 aliphatic rings. The molecule has 0 amide bonds. The van der Waals surface area contributed by atoms with E-state index in [1.54, 1.807) is 12.1 Å². The molecule has 0 atom stereocenters. The number of carbonyl (C=O) groups excluding carboxylic acids is 1. The number of hydrogen-bond donors (Lipinski definition) is 0. The standard InChI is InChI=1S/C17H18N2O5/c1-17(2,3)15-18-19(16(21)24-15)9-11-10-7-5-6-8-12(10)23-13(11)14(20)22-4/h5-8H,9H2,1-4H3. The summed E-state index contributed by atoms with van der Waals surface area (Å²) in [6, 6.07) is 7.19. The number of nitrogens with zero attached hydrogens (tertiary/aromatic N) is 2. The predicted molar refractivity (Wildman–Crippen MR) is 86.1 cm³/mol. The lowest BCUT2D eigenvalue weighted by Gasteiger charge is -2.10. The number of carbonyl (C=O) groups is 1. The maximum atomic E-state index is 12.1. The number of furan rings is 1. The minimum absolute atomic E-state index is 0.0554. The summed E-state index contributed by atoms with van der Waals surface area (Å²) >= 11 is 0. The summed E-state index contributed by atoms with van der Waals surface area (Å²) in [6.45, 7) is 5.75. The van der Waals surface area contributed by atoms with Crippen LogP contribution in [0.15, 0.2) is 37.9 Å². The third-order valence-corrected chi connectivity index (χ3v) is 3.62. The van der Waals surface area contributed by atoms with E-state index in [1.165, 1.54) is 11.8 Å². The van der Waals surface area contributed by atoms with Crippen LogP contribution in [0.1, 0.15) is 42.8 Å². The van der Waals surface area contributed by atoms with Crippen molar-refractivity contribution in [1.82, 2.24) is 9.78 Å². The van der Waals surface area contributed by atoms with E-state index < -0.39 is 17.1 Å². The van der Waals surface area contributed by atoms with Crippen LogP contribution in [0.3, 0.4) is 0 Å². The number of benzene rings is 1. The molecule has 3 rings (SSSR count). The Labute approximate surface area is 137 Å². The molecule has 0 spiro atoms. The number of methoxy groups -OCH3 is 1. The minimum Gasteiger partial charge on any atom is -0.463 e. The van der Waals surface area contributed by atoms with E-state index in [9.17, 15) is 9.59 Å². The monoisotopic (exact) mass is 330 g/mol. The highest BCUT2D eigenvalue weighted by molar-refractivity contribution is 5.96. The third kappa shape index (κ3) is 2.73. The first-order valence-electron chi connectivity index (χ1n) is 7.48. The van der Waals surface area contributed by atoms with Gasteiger partial charge in [0.1, 0.15) is 5.58 Å². The summed E-state index contributed by atoms with van der Waals surface area (Å²) in [5.41, 5.74) is 0.683. The van der Waals surface area contributed by atoms with Crippen LogP contribution in [0.4, 0.5) is 0 Å². The highest BCUT2D eigenvalue weighted by Gasteiger charge is 2.25. The molecule has 24 heavy (non-hydrogen) atoms. The first-order valence-corrected chi connectivity index (χ1v) is 7.48. The van der Waals surface area contributed by atoms with Crippen LogP contribution in [0.2, 0.25) is 0 Å². The first-order chi connectivity index (χ1) is 11.3. The Morgan fingerprint density at radius 3 is 2.58 bits per heavy atom. The van der Waals surface area contributed by atoms with E-state index in [0.717, 1.165) is 5.39 Å². The molecule has 2 heterocycles. The fraction of sp³-hybridized carbons (Fsp3) is 0.353. The number of hydrogen-bond acceptors (Lipinski definition) is 6. The Kier molecular flexibility index (Phi) is 3.79. The molecule has 2 aromatic heterocycles. The van der Waals surface area contributed by atoms with Gasteiger partial charge in [0.2, 0.25) is 11.7 Å². The molecule has 0 saturated carbocycles. The Bertz CT molecular complexity index is 955. The lowest BCUT2D eigenvalue weighted by atomic mass is 9.97. The van der Waals surface area contributed by atoms with Crippen molar-refractivity contribution < 1.29 is 18.4 Å². The number of aromatic nitrogens is 2. The fourth-order valence-electron chi connectivity index (χ4n) is 2.37. The molecule has 0 unspecified atom stereocenters. The Hall–Kier alpha value is -2.83. The predicted octanol–water partition coefficient (Wildman–Crippen LogP) is 2.71. The van der Waals surface area contributed by atoms with E-state index >= 15 is 0 Å². The highest BCUT2D eigenvalue weighted by Crippen LogP contribution is 2.27. The minimum atomic E-state index is -0.603. The molecule has 7 nitrogen and oxygen atoms in total. The van der Waals surface area contributed by atoms with Gasteiger partial charge in [0.25, 0.3) is 0 Å². The van der Waals surface area contributed by atoms with Crippen molar-refractivity contribution in [2.45, 2.75) is 32.7 Å². The van der Waals surface area contributed by atoms with Crippen molar-refractivity contribution in [2.24, 2.45) is 0 Å². The van der Waals surface area contributed by atoms with Crippen molar-refractivity contribution >= 4 is 16.9 Å². The maximum Gasteiger partial charge on any atom is 0.437 e. The van der Waals surface area contributed by atoms with Crippen LogP contribution in [0.5, 0.6) is 0 Å². The number of fused-ring (bicyclic) bond motifs is 1. The van der Waals surface area contributed by atoms with E-state index in [-0.39, 0.29) is 12.3 Å². The largest absolute Gasteiger partial charge is 0.463 e. The lowest BCUT2D eigenvalue weighted by Crippen LogP contribution is -2.18. The zero-order valence-corrected chi connectivity index (χ0v) is 14.0. The van der Waals surface area contributed by atoms with Crippen LogP contribution in [0.25, 0.3) is 11.0 Å². The highest BCUT2D eigenvalue weighted by atomic mass is 16.5. The molecule has 7 heteroatoms. The van der Waals surface area contributed by atoms with Crippen LogP contribution in [-0.4, -0.2) is 22.9 Å². The summed E-state index contributed by atoms with van der Waals surface area (Å²) in [6.07, 6.45) is 0. The van der Waals surface area contributed by atoms with Gasteiger partial charge in [-0.1, -0.05) is 39.0 Å². The van der Waals surface area contributed by atoms with E-state index in [1.807, 2.05) is 32.9 Å². The molecule has 0 saturated heterocycles. The Morgan fingerprint density at radius 1 is 1.25 bits per heavy atom. The van der Waals surface area contributed by atoms with Crippen molar-refractivity contribution in [2.75, 3.05) is 7.11 Å². The second-order valence-corrected chi connectivity index (χ2v) is 6.48. The van der Waals surface area contributed by atoms with Gasteiger partial charge in [-0.25, -0.2) is 9.59 Å². The summed E-state index contributed by atoms with van der Waals surface area (Å²) in [4.78, 5) is 24.1. The average molecular weight is 330 g/mol. The summed E-state index contributed by atoms with van der Waals surface area (Å²) in [5, 5.41) is 4.96. The maximum absolute atomic E-state index is 12.1. The molecule has 0 aliphatic heterocycles. The Morgan fingerprint density at radius 2 is 1.96 bits per heavy atom. The van der Waals surface area contributed by atoms with Crippen molar-refractivity contribution in [3.8, 4) is 0 Å². The number of ether oxygens (including phenoxy) is 1. The van der Waals surface area contributed by atoms with Gasteiger partial charge >= 0.3 is 11.7 Å². The van der Waals surface area contributed by atoms with Gasteiger partial charge in [-0.2, -0.15) is 4.68 Å². The van der Waals surface area contributed by atoms with Gasteiger partial charge in [-0.05, 0) is 6.07 Å². The van der Waals surface area contributed by atoms with Gasteiger partial charge in [0, 0.05) is 16.4 Å². The molecule has 0 radical (unpaired) electrons. The molecule has 0 fully saturated rings. The second-order valence-electron chi connectivity index (χ2n) is 6.48. The van der Waals surface area contributed by atoms with Gasteiger partial charge in [-0.3, -0.25) is 0 Å². The third-order valence-electron chi connectivity index (χ3n) is 3.62.